The molecule has 7 rings (SSSR count). The van der Waals surface area contributed by atoms with Gasteiger partial charge >= 0.3 is 7.12 Å². The Kier molecular flexibility index (Phi) is 4.44. The van der Waals surface area contributed by atoms with Crippen LogP contribution in [0.2, 0.25) is 0 Å². The Labute approximate surface area is 217 Å². The highest BCUT2D eigenvalue weighted by atomic mass is 16.7. The average molecular weight is 483 g/mol. The molecule has 180 valence electrons. The third-order valence-electron chi connectivity index (χ3n) is 8.62. The Morgan fingerprint density at radius 3 is 2.05 bits per heavy atom. The molecule has 1 unspecified atom stereocenters. The van der Waals surface area contributed by atoms with Crippen molar-refractivity contribution in [2.24, 2.45) is 0 Å². The minimum atomic E-state index is -0.600. The molecule has 4 nitrogen and oxygen atoms in total. The highest BCUT2D eigenvalue weighted by molar-refractivity contribution is 6.62. The van der Waals surface area contributed by atoms with E-state index in [9.17, 15) is 5.26 Å². The molecule has 5 heteroatoms. The molecule has 4 aromatic carbocycles. The fraction of sp³-hybridized carbons (Fsp3) is 0.219. The van der Waals surface area contributed by atoms with Gasteiger partial charge in [0.25, 0.3) is 0 Å². The minimum absolute atomic E-state index is 0.431. The SMILES string of the molecule is CC1(C)OB(c2ccc3c(c2)Oc2ccccc2C32c3ccccc3-c3ccc(C#N)cc32)OC1(C)C. The minimum Gasteiger partial charge on any atom is -0.457 e. The molecule has 1 saturated heterocycles. The summed E-state index contributed by atoms with van der Waals surface area (Å²) in [7, 11) is -0.486. The first-order valence-electron chi connectivity index (χ1n) is 12.7. The quantitative estimate of drug-likeness (QED) is 0.257. The fourth-order valence-corrected chi connectivity index (χ4v) is 6.12. The number of nitriles is 1. The monoisotopic (exact) mass is 483 g/mol. The lowest BCUT2D eigenvalue weighted by atomic mass is 9.65. The van der Waals surface area contributed by atoms with Crippen molar-refractivity contribution in [3.05, 3.63) is 113 Å². The van der Waals surface area contributed by atoms with Gasteiger partial charge in [0.2, 0.25) is 0 Å². The van der Waals surface area contributed by atoms with E-state index >= 15 is 0 Å². The van der Waals surface area contributed by atoms with Crippen LogP contribution in [0, 0.1) is 11.3 Å². The van der Waals surface area contributed by atoms with Gasteiger partial charge in [-0.1, -0.05) is 60.7 Å². The van der Waals surface area contributed by atoms with E-state index in [2.05, 4.69) is 94.4 Å². The fourth-order valence-electron chi connectivity index (χ4n) is 6.12. The number of para-hydroxylation sites is 1. The normalized spacial score (nSPS) is 21.4. The lowest BCUT2D eigenvalue weighted by molar-refractivity contribution is 0.00578. The first kappa shape index (κ1) is 22.4. The summed E-state index contributed by atoms with van der Waals surface area (Å²) in [6.45, 7) is 8.25. The Balaban J connectivity index is 1.51. The Morgan fingerprint density at radius 1 is 0.649 bits per heavy atom. The summed E-state index contributed by atoms with van der Waals surface area (Å²) in [5, 5.41) is 9.80. The van der Waals surface area contributed by atoms with Crippen LogP contribution in [0.25, 0.3) is 11.1 Å². The van der Waals surface area contributed by atoms with Crippen LogP contribution in [-0.2, 0) is 14.7 Å². The van der Waals surface area contributed by atoms with E-state index < -0.39 is 23.7 Å². The van der Waals surface area contributed by atoms with Crippen molar-refractivity contribution in [1.29, 1.82) is 5.26 Å². The number of hydrogen-bond acceptors (Lipinski definition) is 4. The van der Waals surface area contributed by atoms with Gasteiger partial charge in [0, 0.05) is 11.1 Å². The van der Waals surface area contributed by atoms with Crippen molar-refractivity contribution >= 4 is 12.6 Å². The van der Waals surface area contributed by atoms with Gasteiger partial charge < -0.3 is 14.0 Å². The molecule has 2 aliphatic heterocycles. The Bertz CT molecular complexity index is 1630. The number of rotatable bonds is 1. The Hall–Kier alpha value is -3.85. The molecular weight excluding hydrogens is 457 g/mol. The standard InChI is InChI=1S/C32H26BNO3/c1-30(2)31(3,4)37-33(36-30)21-14-16-26-29(18-21)35-28-12-8-7-11-25(28)32(26)24-10-6-5-9-22(24)23-15-13-20(19-34)17-27(23)32/h5-18H,1-4H3. The van der Waals surface area contributed by atoms with Crippen molar-refractivity contribution in [3.63, 3.8) is 0 Å². The van der Waals surface area contributed by atoms with E-state index in [1.165, 1.54) is 11.1 Å². The predicted molar refractivity (Wildman–Crippen MR) is 144 cm³/mol. The smallest absolute Gasteiger partial charge is 0.457 e. The molecule has 4 aromatic rings. The van der Waals surface area contributed by atoms with Crippen molar-refractivity contribution in [3.8, 4) is 28.7 Å². The van der Waals surface area contributed by atoms with Crippen LogP contribution in [-0.4, -0.2) is 18.3 Å². The maximum Gasteiger partial charge on any atom is 0.494 e. The number of fused-ring (bicyclic) bond motifs is 9. The molecule has 0 amide bonds. The summed E-state index contributed by atoms with van der Waals surface area (Å²) in [6.07, 6.45) is 0. The summed E-state index contributed by atoms with van der Waals surface area (Å²) in [4.78, 5) is 0. The second-order valence-electron chi connectivity index (χ2n) is 11.1. The van der Waals surface area contributed by atoms with E-state index in [-0.39, 0.29) is 0 Å². The van der Waals surface area contributed by atoms with Crippen LogP contribution in [0.15, 0.2) is 84.9 Å². The van der Waals surface area contributed by atoms with Gasteiger partial charge in [0.05, 0.1) is 28.2 Å². The molecule has 0 aromatic heterocycles. The molecule has 3 aliphatic rings. The molecule has 0 radical (unpaired) electrons. The van der Waals surface area contributed by atoms with Crippen LogP contribution < -0.4 is 10.2 Å². The van der Waals surface area contributed by atoms with Crippen molar-refractivity contribution in [1.82, 2.24) is 0 Å². The lowest BCUT2D eigenvalue weighted by Gasteiger charge is -2.39. The van der Waals surface area contributed by atoms with Crippen molar-refractivity contribution in [2.45, 2.75) is 44.3 Å². The molecule has 1 fully saturated rings. The number of hydrogen-bond donors (Lipinski definition) is 0. The molecule has 0 N–H and O–H groups in total. The van der Waals surface area contributed by atoms with Crippen molar-refractivity contribution < 1.29 is 14.0 Å². The zero-order valence-electron chi connectivity index (χ0n) is 21.3. The second-order valence-corrected chi connectivity index (χ2v) is 11.1. The van der Waals surface area contributed by atoms with Crippen LogP contribution in [0.5, 0.6) is 11.5 Å². The van der Waals surface area contributed by atoms with E-state index in [1.807, 2.05) is 24.3 Å². The van der Waals surface area contributed by atoms with Crippen molar-refractivity contribution in [2.75, 3.05) is 0 Å². The molecule has 2 heterocycles. The van der Waals surface area contributed by atoms with Gasteiger partial charge in [0.15, 0.2) is 0 Å². The topological polar surface area (TPSA) is 51.5 Å². The number of ether oxygens (including phenoxy) is 1. The van der Waals surface area contributed by atoms with Crippen LogP contribution in [0.4, 0.5) is 0 Å². The van der Waals surface area contributed by atoms with Gasteiger partial charge in [-0.25, -0.2) is 0 Å². The first-order chi connectivity index (χ1) is 17.8. The highest BCUT2D eigenvalue weighted by Crippen LogP contribution is 2.61. The summed E-state index contributed by atoms with van der Waals surface area (Å²) in [5.41, 5.74) is 6.85. The maximum atomic E-state index is 9.80. The molecule has 0 saturated carbocycles. The van der Waals surface area contributed by atoms with Crippen LogP contribution in [0.1, 0.15) is 55.5 Å². The Morgan fingerprint density at radius 2 is 1.30 bits per heavy atom. The van der Waals surface area contributed by atoms with E-state index in [1.54, 1.807) is 0 Å². The van der Waals surface area contributed by atoms with Crippen LogP contribution in [0.3, 0.4) is 0 Å². The summed E-state index contributed by atoms with van der Waals surface area (Å²) >= 11 is 0. The maximum absolute atomic E-state index is 9.80. The number of benzene rings is 4. The molecule has 1 spiro atoms. The van der Waals surface area contributed by atoms with Gasteiger partial charge in [-0.3, -0.25) is 0 Å². The zero-order chi connectivity index (χ0) is 25.6. The molecule has 37 heavy (non-hydrogen) atoms. The van der Waals surface area contributed by atoms with E-state index in [4.69, 9.17) is 14.0 Å². The zero-order valence-corrected chi connectivity index (χ0v) is 21.3. The molecular formula is C32H26BNO3. The summed E-state index contributed by atoms with van der Waals surface area (Å²) in [5.74, 6) is 1.59. The highest BCUT2D eigenvalue weighted by Gasteiger charge is 2.54. The van der Waals surface area contributed by atoms with Crippen LogP contribution >= 0.6 is 0 Å². The predicted octanol–water partition coefficient (Wildman–Crippen LogP) is 6.33. The third kappa shape index (κ3) is 2.86. The third-order valence-corrected chi connectivity index (χ3v) is 8.62. The average Bonchev–Trinajstić information content (AvgIpc) is 3.30. The van der Waals surface area contributed by atoms with E-state index in [0.29, 0.717) is 5.56 Å². The lowest BCUT2D eigenvalue weighted by Crippen LogP contribution is -2.41. The summed E-state index contributed by atoms with van der Waals surface area (Å²) < 4.78 is 19.3. The number of nitrogens with zero attached hydrogens (tertiary/aromatic N) is 1. The van der Waals surface area contributed by atoms with Gasteiger partial charge in [0.1, 0.15) is 11.5 Å². The summed E-state index contributed by atoms with van der Waals surface area (Å²) in [6, 6.07) is 31.5. The van der Waals surface area contributed by atoms with E-state index in [0.717, 1.165) is 39.2 Å². The largest absolute Gasteiger partial charge is 0.494 e. The van der Waals surface area contributed by atoms with Gasteiger partial charge in [-0.05, 0) is 79.7 Å². The first-order valence-corrected chi connectivity index (χ1v) is 12.7. The molecule has 1 atom stereocenters. The van der Waals surface area contributed by atoms with Gasteiger partial charge in [-0.2, -0.15) is 5.26 Å². The molecule has 0 bridgehead atoms. The second kappa shape index (κ2) is 7.35. The van der Waals surface area contributed by atoms with Gasteiger partial charge in [-0.15, -0.1) is 0 Å². The molecule has 1 aliphatic carbocycles.